The SMILES string of the molecule is Fc1ccc(F)c2c(Cl)ccnc12. The summed E-state index contributed by atoms with van der Waals surface area (Å²) in [6, 6.07) is 3.48. The third-order valence-electron chi connectivity index (χ3n) is 1.74. The molecule has 13 heavy (non-hydrogen) atoms. The Balaban J connectivity index is 3.00. The third-order valence-corrected chi connectivity index (χ3v) is 2.06. The van der Waals surface area contributed by atoms with Gasteiger partial charge in [-0.15, -0.1) is 0 Å². The van der Waals surface area contributed by atoms with Gasteiger partial charge in [0, 0.05) is 6.20 Å². The van der Waals surface area contributed by atoms with Crippen LogP contribution in [0.15, 0.2) is 24.4 Å². The van der Waals surface area contributed by atoms with Crippen molar-refractivity contribution in [3.05, 3.63) is 41.1 Å². The van der Waals surface area contributed by atoms with Gasteiger partial charge in [0.2, 0.25) is 0 Å². The molecule has 1 nitrogen and oxygen atoms in total. The molecule has 4 heteroatoms. The molecular weight excluding hydrogens is 196 g/mol. The summed E-state index contributed by atoms with van der Waals surface area (Å²) in [5, 5.41) is 0.200. The van der Waals surface area contributed by atoms with Gasteiger partial charge in [-0.2, -0.15) is 0 Å². The maximum Gasteiger partial charge on any atom is 0.149 e. The van der Waals surface area contributed by atoms with Gasteiger partial charge in [0.1, 0.15) is 17.2 Å². The second-order valence-electron chi connectivity index (χ2n) is 2.55. The van der Waals surface area contributed by atoms with Gasteiger partial charge in [-0.05, 0) is 18.2 Å². The highest BCUT2D eigenvalue weighted by molar-refractivity contribution is 6.35. The van der Waals surface area contributed by atoms with Crippen LogP contribution in [0.3, 0.4) is 0 Å². The molecule has 1 heterocycles. The quantitative estimate of drug-likeness (QED) is 0.635. The molecule has 0 aliphatic heterocycles. The van der Waals surface area contributed by atoms with Crippen LogP contribution in [-0.4, -0.2) is 4.98 Å². The Bertz CT molecular complexity index is 462. The fraction of sp³-hybridized carbons (Fsp3) is 0. The first-order chi connectivity index (χ1) is 6.20. The lowest BCUT2D eigenvalue weighted by Crippen LogP contribution is -1.88. The highest BCUT2D eigenvalue weighted by Crippen LogP contribution is 2.25. The standard InChI is InChI=1S/C9H4ClF2N/c10-5-3-4-13-9-7(12)2-1-6(11)8(5)9/h1-4H. The van der Waals surface area contributed by atoms with Crippen LogP contribution < -0.4 is 0 Å². The van der Waals surface area contributed by atoms with E-state index in [1.165, 1.54) is 12.3 Å². The van der Waals surface area contributed by atoms with E-state index in [-0.39, 0.29) is 15.9 Å². The molecule has 0 spiro atoms. The number of rotatable bonds is 0. The Labute approximate surface area is 78.0 Å². The molecule has 2 aromatic rings. The molecule has 0 fully saturated rings. The molecule has 0 aliphatic carbocycles. The first-order valence-electron chi connectivity index (χ1n) is 3.58. The molecule has 0 N–H and O–H groups in total. The summed E-state index contributed by atoms with van der Waals surface area (Å²) < 4.78 is 26.2. The van der Waals surface area contributed by atoms with Crippen molar-refractivity contribution in [3.8, 4) is 0 Å². The molecule has 0 radical (unpaired) electrons. The van der Waals surface area contributed by atoms with E-state index in [2.05, 4.69) is 4.98 Å². The van der Waals surface area contributed by atoms with Crippen molar-refractivity contribution in [1.29, 1.82) is 0 Å². The number of hydrogen-bond acceptors (Lipinski definition) is 1. The number of nitrogens with zero attached hydrogens (tertiary/aromatic N) is 1. The summed E-state index contributed by atoms with van der Waals surface area (Å²) in [7, 11) is 0. The van der Waals surface area contributed by atoms with Gasteiger partial charge in [0.25, 0.3) is 0 Å². The number of aromatic nitrogens is 1. The van der Waals surface area contributed by atoms with Gasteiger partial charge >= 0.3 is 0 Å². The van der Waals surface area contributed by atoms with Gasteiger partial charge in [-0.1, -0.05) is 11.6 Å². The molecule has 1 aromatic heterocycles. The molecule has 66 valence electrons. The van der Waals surface area contributed by atoms with Gasteiger partial charge in [0.15, 0.2) is 0 Å². The van der Waals surface area contributed by atoms with Crippen molar-refractivity contribution in [2.45, 2.75) is 0 Å². The van der Waals surface area contributed by atoms with Crippen molar-refractivity contribution < 1.29 is 8.78 Å². The van der Waals surface area contributed by atoms with Gasteiger partial charge < -0.3 is 0 Å². The maximum absolute atomic E-state index is 13.1. The summed E-state index contributed by atoms with van der Waals surface area (Å²) in [5.41, 5.74) is -0.0347. The lowest BCUT2D eigenvalue weighted by molar-refractivity contribution is 0.615. The Morgan fingerprint density at radius 1 is 1.08 bits per heavy atom. The Morgan fingerprint density at radius 3 is 2.46 bits per heavy atom. The highest BCUT2D eigenvalue weighted by atomic mass is 35.5. The zero-order chi connectivity index (χ0) is 9.42. The van der Waals surface area contributed by atoms with Crippen molar-refractivity contribution in [2.24, 2.45) is 0 Å². The smallest absolute Gasteiger partial charge is 0.149 e. The molecule has 0 aliphatic rings. The predicted octanol–water partition coefficient (Wildman–Crippen LogP) is 3.17. The molecular formula is C9H4ClF2N. The lowest BCUT2D eigenvalue weighted by atomic mass is 10.2. The van der Waals surface area contributed by atoms with E-state index < -0.39 is 11.6 Å². The molecule has 0 bridgehead atoms. The minimum atomic E-state index is -0.570. The van der Waals surface area contributed by atoms with Crippen LogP contribution in [0, 0.1) is 11.6 Å². The summed E-state index contributed by atoms with van der Waals surface area (Å²) >= 11 is 5.69. The minimum absolute atomic E-state index is 0.0316. The van der Waals surface area contributed by atoms with E-state index in [9.17, 15) is 8.78 Å². The van der Waals surface area contributed by atoms with Gasteiger partial charge in [0.05, 0.1) is 10.4 Å². The Hall–Kier alpha value is -1.22. The normalized spacial score (nSPS) is 10.7. The van der Waals surface area contributed by atoms with Crippen molar-refractivity contribution in [1.82, 2.24) is 4.98 Å². The highest BCUT2D eigenvalue weighted by Gasteiger charge is 2.09. The van der Waals surface area contributed by atoms with E-state index in [4.69, 9.17) is 11.6 Å². The molecule has 0 saturated carbocycles. The van der Waals surface area contributed by atoms with Gasteiger partial charge in [-0.25, -0.2) is 8.78 Å². The first-order valence-corrected chi connectivity index (χ1v) is 3.96. The van der Waals surface area contributed by atoms with Crippen molar-refractivity contribution >= 4 is 22.5 Å². The lowest BCUT2D eigenvalue weighted by Gasteiger charge is -2.00. The predicted molar refractivity (Wildman–Crippen MR) is 46.7 cm³/mol. The summed E-state index contributed by atoms with van der Waals surface area (Å²) in [5.74, 6) is -1.13. The second-order valence-corrected chi connectivity index (χ2v) is 2.95. The van der Waals surface area contributed by atoms with E-state index >= 15 is 0 Å². The molecule has 0 atom stereocenters. The topological polar surface area (TPSA) is 12.9 Å². The van der Waals surface area contributed by atoms with E-state index in [1.807, 2.05) is 0 Å². The Morgan fingerprint density at radius 2 is 1.77 bits per heavy atom. The Kier molecular flexibility index (Phi) is 1.88. The number of halogens is 3. The summed E-state index contributed by atoms with van der Waals surface area (Å²) in [6.07, 6.45) is 1.34. The zero-order valence-corrected chi connectivity index (χ0v) is 7.15. The van der Waals surface area contributed by atoms with Crippen LogP contribution in [0.5, 0.6) is 0 Å². The molecule has 2 rings (SSSR count). The zero-order valence-electron chi connectivity index (χ0n) is 6.39. The number of fused-ring (bicyclic) bond motifs is 1. The number of hydrogen-bond donors (Lipinski definition) is 0. The van der Waals surface area contributed by atoms with Gasteiger partial charge in [-0.3, -0.25) is 4.98 Å². The fourth-order valence-corrected chi connectivity index (χ4v) is 1.39. The average molecular weight is 200 g/mol. The van der Waals surface area contributed by atoms with E-state index in [0.717, 1.165) is 12.1 Å². The molecule has 0 amide bonds. The van der Waals surface area contributed by atoms with E-state index in [0.29, 0.717) is 0 Å². The van der Waals surface area contributed by atoms with E-state index in [1.54, 1.807) is 0 Å². The first kappa shape index (κ1) is 8.38. The largest absolute Gasteiger partial charge is 0.253 e. The second kappa shape index (κ2) is 2.92. The third kappa shape index (κ3) is 1.25. The van der Waals surface area contributed by atoms with Crippen molar-refractivity contribution in [3.63, 3.8) is 0 Å². The summed E-state index contributed by atoms with van der Waals surface area (Å²) in [6.45, 7) is 0. The molecule has 0 saturated heterocycles. The number of benzene rings is 1. The summed E-state index contributed by atoms with van der Waals surface area (Å²) in [4.78, 5) is 3.70. The van der Waals surface area contributed by atoms with Crippen LogP contribution >= 0.6 is 11.6 Å². The van der Waals surface area contributed by atoms with Crippen LogP contribution in [0.2, 0.25) is 5.02 Å². The molecule has 0 unspecified atom stereocenters. The monoisotopic (exact) mass is 199 g/mol. The van der Waals surface area contributed by atoms with Crippen LogP contribution in [-0.2, 0) is 0 Å². The molecule has 1 aromatic carbocycles. The average Bonchev–Trinajstić information content (AvgIpc) is 2.12. The van der Waals surface area contributed by atoms with Crippen LogP contribution in [0.25, 0.3) is 10.9 Å². The maximum atomic E-state index is 13.1. The number of pyridine rings is 1. The van der Waals surface area contributed by atoms with Crippen LogP contribution in [0.4, 0.5) is 8.78 Å². The fourth-order valence-electron chi connectivity index (χ4n) is 1.16. The minimum Gasteiger partial charge on any atom is -0.253 e. The van der Waals surface area contributed by atoms with Crippen LogP contribution in [0.1, 0.15) is 0 Å². The van der Waals surface area contributed by atoms with Crippen molar-refractivity contribution in [2.75, 3.05) is 0 Å².